The summed E-state index contributed by atoms with van der Waals surface area (Å²) in [5.41, 5.74) is 0.473. The molecule has 0 aromatic heterocycles. The van der Waals surface area contributed by atoms with Gasteiger partial charge in [-0.3, -0.25) is 9.59 Å². The second kappa shape index (κ2) is 33.5. The number of hydrogen-bond donors (Lipinski definition) is 7. The van der Waals surface area contributed by atoms with Gasteiger partial charge < -0.3 is 55.1 Å². The fourth-order valence-corrected chi connectivity index (χ4v) is 7.83. The first-order valence-corrected chi connectivity index (χ1v) is 24.1. The number of benzene rings is 1. The predicted octanol–water partition coefficient (Wildman–Crippen LogP) is 7.74. The van der Waals surface area contributed by atoms with Gasteiger partial charge in [-0.05, 0) is 37.8 Å². The fraction of sp³-hybridized carbons (Fsp3) is 0.812. The molecule has 0 saturated carbocycles. The molecule has 0 bridgehead atoms. The molecular weight excluding hydrogens is 797 g/mol. The molecule has 7 N–H and O–H groups in total. The highest BCUT2D eigenvalue weighted by molar-refractivity contribution is 5.95. The fourth-order valence-electron chi connectivity index (χ4n) is 7.83. The third kappa shape index (κ3) is 22.6. The van der Waals surface area contributed by atoms with E-state index >= 15 is 0 Å². The topological polar surface area (TPSA) is 213 Å². The molecule has 358 valence electrons. The first-order chi connectivity index (χ1) is 30.0. The zero-order valence-corrected chi connectivity index (χ0v) is 38.4. The number of carboxylic acid groups (broad SMARTS) is 1. The number of carboxylic acids is 1. The minimum Gasteiger partial charge on any atom is -0.493 e. The molecule has 62 heavy (non-hydrogen) atoms. The number of aliphatic hydroxyl groups excluding tert-OH is 4. The van der Waals surface area contributed by atoms with E-state index in [2.05, 4.69) is 24.5 Å². The molecule has 14 nitrogen and oxygen atoms in total. The summed E-state index contributed by atoms with van der Waals surface area (Å²) < 4.78 is 23.6. The van der Waals surface area contributed by atoms with Crippen LogP contribution in [0.1, 0.15) is 192 Å². The van der Waals surface area contributed by atoms with Crippen LogP contribution in [0.25, 0.3) is 0 Å². The van der Waals surface area contributed by atoms with Crippen LogP contribution < -0.4 is 20.1 Å². The Kier molecular flexibility index (Phi) is 29.8. The Labute approximate surface area is 372 Å². The van der Waals surface area contributed by atoms with Gasteiger partial charge in [-0.25, -0.2) is 4.79 Å². The quantitative estimate of drug-likeness (QED) is 0.0318. The first kappa shape index (κ1) is 55.1. The van der Waals surface area contributed by atoms with E-state index in [1.54, 1.807) is 12.1 Å². The molecule has 0 aliphatic carbocycles. The third-order valence-corrected chi connectivity index (χ3v) is 11.6. The van der Waals surface area contributed by atoms with Gasteiger partial charge in [-0.1, -0.05) is 142 Å². The lowest BCUT2D eigenvalue weighted by atomic mass is 9.88. The van der Waals surface area contributed by atoms with Crippen molar-refractivity contribution in [3.63, 3.8) is 0 Å². The van der Waals surface area contributed by atoms with Gasteiger partial charge in [0.25, 0.3) is 11.7 Å². The molecule has 6 atom stereocenters. The highest BCUT2D eigenvalue weighted by Gasteiger charge is 2.55. The summed E-state index contributed by atoms with van der Waals surface area (Å²) in [6.07, 6.45) is 20.1. The van der Waals surface area contributed by atoms with E-state index in [0.717, 1.165) is 25.7 Å². The van der Waals surface area contributed by atoms with Crippen LogP contribution in [-0.2, 0) is 19.1 Å². The van der Waals surface area contributed by atoms with Crippen LogP contribution >= 0.6 is 0 Å². The number of aliphatic carboxylic acids is 1. The number of carbonyl (C=O) groups excluding carboxylic acids is 2. The van der Waals surface area contributed by atoms with E-state index in [1.807, 2.05) is 6.07 Å². The normalized spacial score (nSPS) is 19.8. The minimum atomic E-state index is -2.36. The van der Waals surface area contributed by atoms with Gasteiger partial charge in [-0.15, -0.1) is 0 Å². The number of nitrogens with one attached hydrogen (secondary N) is 2. The smallest absolute Gasteiger partial charge is 0.364 e. The SMILES string of the molecule is CCCCCCCCCCCCOc1cc(OCCCCCCCCCCCC)cc(C(=O)NCCCCCCO[C@@]2(C(=O)O)C[C@H](O)[C@@H](NC(C)=O)[C@H]([C@H](O)[C@H](O)CO)O2)c1. The maximum Gasteiger partial charge on any atom is 0.364 e. The summed E-state index contributed by atoms with van der Waals surface area (Å²) in [6.45, 7) is 6.32. The maximum atomic E-state index is 13.3. The summed E-state index contributed by atoms with van der Waals surface area (Å²) in [5.74, 6) is -3.45. The van der Waals surface area contributed by atoms with Crippen LogP contribution in [0.4, 0.5) is 0 Å². The number of ether oxygens (including phenoxy) is 4. The molecule has 0 spiro atoms. The average molecular weight is 881 g/mol. The van der Waals surface area contributed by atoms with Crippen LogP contribution in [0.2, 0.25) is 0 Å². The second-order valence-corrected chi connectivity index (χ2v) is 17.2. The molecule has 1 aromatic rings. The average Bonchev–Trinajstić information content (AvgIpc) is 3.25. The molecule has 1 heterocycles. The number of carbonyl (C=O) groups is 3. The molecular formula is C48H84N2O12. The van der Waals surface area contributed by atoms with Crippen LogP contribution in [0.5, 0.6) is 11.5 Å². The summed E-state index contributed by atoms with van der Waals surface area (Å²) >= 11 is 0. The molecule has 1 saturated heterocycles. The van der Waals surface area contributed by atoms with E-state index < -0.39 is 61.1 Å². The van der Waals surface area contributed by atoms with Crippen molar-refractivity contribution in [2.45, 2.75) is 218 Å². The van der Waals surface area contributed by atoms with Crippen molar-refractivity contribution < 1.29 is 58.9 Å². The highest BCUT2D eigenvalue weighted by atomic mass is 16.7. The number of amides is 2. The van der Waals surface area contributed by atoms with Gasteiger partial charge in [-0.2, -0.15) is 0 Å². The lowest BCUT2D eigenvalue weighted by molar-refractivity contribution is -0.311. The molecule has 0 unspecified atom stereocenters. The van der Waals surface area contributed by atoms with Crippen molar-refractivity contribution in [1.82, 2.24) is 10.6 Å². The zero-order valence-electron chi connectivity index (χ0n) is 38.4. The molecule has 2 amide bonds. The van der Waals surface area contributed by atoms with Crippen molar-refractivity contribution >= 4 is 17.8 Å². The van der Waals surface area contributed by atoms with Gasteiger partial charge in [0.05, 0.1) is 38.6 Å². The van der Waals surface area contributed by atoms with E-state index in [-0.39, 0.29) is 12.5 Å². The van der Waals surface area contributed by atoms with Gasteiger partial charge in [0.15, 0.2) is 0 Å². The number of unbranched alkanes of at least 4 members (excludes halogenated alkanes) is 21. The molecule has 1 fully saturated rings. The Hall–Kier alpha value is -3.01. The van der Waals surface area contributed by atoms with Gasteiger partial charge in [0, 0.05) is 31.5 Å². The largest absolute Gasteiger partial charge is 0.493 e. The van der Waals surface area contributed by atoms with Gasteiger partial charge in [0.2, 0.25) is 5.91 Å². The Morgan fingerprint density at radius 3 is 1.61 bits per heavy atom. The van der Waals surface area contributed by atoms with E-state index in [1.165, 1.54) is 110 Å². The highest BCUT2D eigenvalue weighted by Crippen LogP contribution is 2.34. The molecule has 1 aromatic carbocycles. The van der Waals surface area contributed by atoms with Crippen LogP contribution in [0.3, 0.4) is 0 Å². The Bertz CT molecular complexity index is 1310. The summed E-state index contributed by atoms with van der Waals surface area (Å²) in [4.78, 5) is 37.5. The summed E-state index contributed by atoms with van der Waals surface area (Å²) in [7, 11) is 0. The Morgan fingerprint density at radius 1 is 0.710 bits per heavy atom. The zero-order chi connectivity index (χ0) is 45.4. The predicted molar refractivity (Wildman–Crippen MR) is 240 cm³/mol. The summed E-state index contributed by atoms with van der Waals surface area (Å²) in [5, 5.41) is 56.3. The van der Waals surface area contributed by atoms with Crippen LogP contribution in [0, 0.1) is 0 Å². The minimum absolute atomic E-state index is 0.0601. The van der Waals surface area contributed by atoms with E-state index in [9.17, 15) is 39.9 Å². The second-order valence-electron chi connectivity index (χ2n) is 17.2. The van der Waals surface area contributed by atoms with E-state index in [0.29, 0.717) is 62.5 Å². The molecule has 1 aliphatic rings. The third-order valence-electron chi connectivity index (χ3n) is 11.6. The lowest BCUT2D eigenvalue weighted by Crippen LogP contribution is -2.67. The number of rotatable bonds is 38. The number of hydrogen-bond acceptors (Lipinski definition) is 11. The molecule has 1 aliphatic heterocycles. The first-order valence-electron chi connectivity index (χ1n) is 24.1. The van der Waals surface area contributed by atoms with Crippen molar-refractivity contribution in [2.24, 2.45) is 0 Å². The van der Waals surface area contributed by atoms with Crippen molar-refractivity contribution in [3.05, 3.63) is 23.8 Å². The Balaban J connectivity index is 1.85. The van der Waals surface area contributed by atoms with Gasteiger partial charge in [0.1, 0.15) is 29.8 Å². The van der Waals surface area contributed by atoms with Gasteiger partial charge >= 0.3 is 5.97 Å². The maximum absolute atomic E-state index is 13.3. The van der Waals surface area contributed by atoms with Crippen molar-refractivity contribution in [3.8, 4) is 11.5 Å². The van der Waals surface area contributed by atoms with Crippen LogP contribution in [0.15, 0.2) is 18.2 Å². The van der Waals surface area contributed by atoms with E-state index in [4.69, 9.17) is 18.9 Å². The van der Waals surface area contributed by atoms with Crippen molar-refractivity contribution in [1.29, 1.82) is 0 Å². The molecule has 14 heteroatoms. The monoisotopic (exact) mass is 881 g/mol. The van der Waals surface area contributed by atoms with Crippen molar-refractivity contribution in [2.75, 3.05) is 33.0 Å². The molecule has 0 radical (unpaired) electrons. The Morgan fingerprint density at radius 2 is 1.16 bits per heavy atom. The standard InChI is InChI=1S/C48H84N2O12/c1-4-6-8-10-12-14-16-18-21-25-29-59-39-32-38(33-40(34-39)60-30-26-22-19-17-15-13-11-9-7-5-2)46(56)49-28-24-20-23-27-31-61-48(47(57)58)35-41(53)43(50-37(3)52)45(62-48)44(55)42(54)36-51/h32-34,41-45,51,53-55H,4-31,35-36H2,1-3H3,(H,49,56)(H,50,52)(H,57,58)/t41-,42+,43+,44+,45+,48-/m0/s1. The number of aliphatic hydroxyl groups is 4. The van der Waals surface area contributed by atoms with Crippen LogP contribution in [-0.4, -0.2) is 113 Å². The summed E-state index contributed by atoms with van der Waals surface area (Å²) in [6, 6.07) is 4.16. The molecule has 2 rings (SSSR count). The lowest BCUT2D eigenvalue weighted by Gasteiger charge is -2.46.